The van der Waals surface area contributed by atoms with Gasteiger partial charge >= 0.3 is 5.97 Å². The zero-order valence-corrected chi connectivity index (χ0v) is 16.1. The minimum Gasteiger partial charge on any atom is -0.496 e. The molecule has 0 aliphatic heterocycles. The van der Waals surface area contributed by atoms with Crippen molar-refractivity contribution in [2.24, 2.45) is 5.92 Å². The number of hydrogen-bond donors (Lipinski definition) is 3. The van der Waals surface area contributed by atoms with Crippen LogP contribution < -0.4 is 14.8 Å². The van der Waals surface area contributed by atoms with Crippen molar-refractivity contribution < 1.29 is 29.3 Å². The maximum Gasteiger partial charge on any atom is 0.341 e. The molecule has 0 saturated carbocycles. The number of nitrogens with one attached hydrogen (secondary N) is 1. The topological polar surface area (TPSA) is 105 Å². The Morgan fingerprint density at radius 1 is 1.24 bits per heavy atom. The number of carbonyl (C=O) groups excluding carboxylic acids is 1. The van der Waals surface area contributed by atoms with Crippen molar-refractivity contribution in [1.29, 1.82) is 0 Å². The summed E-state index contributed by atoms with van der Waals surface area (Å²) < 4.78 is 10.8. The molecule has 0 radical (unpaired) electrons. The molecule has 0 spiro atoms. The minimum atomic E-state index is -1.37. The van der Waals surface area contributed by atoms with E-state index < -0.39 is 17.3 Å². The number of aliphatic hydroxyl groups excluding tert-OH is 1. The number of ketones is 1. The Morgan fingerprint density at radius 2 is 1.84 bits per heavy atom. The van der Waals surface area contributed by atoms with Gasteiger partial charge in [0.05, 0.1) is 24.3 Å². The molecule has 2 unspecified atom stereocenters. The van der Waals surface area contributed by atoms with Gasteiger partial charge in [0.2, 0.25) is 5.78 Å². The Bertz CT molecular complexity index is 673. The highest BCUT2D eigenvalue weighted by molar-refractivity contribution is 9.10. The fraction of sp³-hybridized carbons (Fsp3) is 0.412. The monoisotopic (exact) mass is 415 g/mol. The van der Waals surface area contributed by atoms with Crippen molar-refractivity contribution in [3.63, 3.8) is 0 Å². The lowest BCUT2D eigenvalue weighted by Gasteiger charge is -2.18. The molecule has 7 nitrogen and oxygen atoms in total. The van der Waals surface area contributed by atoms with Crippen molar-refractivity contribution in [3.05, 3.63) is 33.9 Å². The van der Waals surface area contributed by atoms with E-state index >= 15 is 0 Å². The van der Waals surface area contributed by atoms with Gasteiger partial charge < -0.3 is 25.0 Å². The van der Waals surface area contributed by atoms with Gasteiger partial charge in [0.15, 0.2) is 0 Å². The quantitative estimate of drug-likeness (QED) is 0.245. The maximum atomic E-state index is 12.7. The van der Waals surface area contributed by atoms with E-state index in [1.165, 1.54) is 26.4 Å². The summed E-state index contributed by atoms with van der Waals surface area (Å²) in [6, 6.07) is 2.74. The normalized spacial score (nSPS) is 13.8. The number of aliphatic hydroxyl groups is 1. The second-order valence-electron chi connectivity index (χ2n) is 5.49. The summed E-state index contributed by atoms with van der Waals surface area (Å²) in [7, 11) is 2.85. The Kier molecular flexibility index (Phi) is 7.92. The van der Waals surface area contributed by atoms with Crippen molar-refractivity contribution >= 4 is 27.7 Å². The molecule has 1 aromatic rings. The van der Waals surface area contributed by atoms with Crippen LogP contribution in [0.15, 0.2) is 28.4 Å². The molecule has 0 bridgehead atoms. The minimum absolute atomic E-state index is 0.0579. The van der Waals surface area contributed by atoms with E-state index in [1.54, 1.807) is 13.8 Å². The molecule has 0 aromatic heterocycles. The summed E-state index contributed by atoms with van der Waals surface area (Å²) in [5, 5.41) is 21.4. The SMILES string of the molecule is COc1cc(OC)c(C(=O)C(=CNC(C)C(C)CO)C(=O)O)cc1Br. The molecule has 8 heteroatoms. The third-order valence-corrected chi connectivity index (χ3v) is 4.45. The van der Waals surface area contributed by atoms with Gasteiger partial charge in [-0.2, -0.15) is 0 Å². The van der Waals surface area contributed by atoms with Gasteiger partial charge in [0.1, 0.15) is 17.1 Å². The van der Waals surface area contributed by atoms with Gasteiger partial charge in [-0.1, -0.05) is 6.92 Å². The number of carbonyl (C=O) groups is 2. The van der Waals surface area contributed by atoms with Gasteiger partial charge in [-0.15, -0.1) is 0 Å². The molecule has 0 fully saturated rings. The highest BCUT2D eigenvalue weighted by Crippen LogP contribution is 2.34. The highest BCUT2D eigenvalue weighted by Gasteiger charge is 2.24. The molecule has 1 aromatic carbocycles. The first-order valence-corrected chi connectivity index (χ1v) is 8.32. The Hall–Kier alpha value is -2.06. The van der Waals surface area contributed by atoms with E-state index in [2.05, 4.69) is 21.2 Å². The fourth-order valence-electron chi connectivity index (χ4n) is 1.94. The molecule has 138 valence electrons. The number of halogens is 1. The lowest BCUT2D eigenvalue weighted by Crippen LogP contribution is -2.31. The van der Waals surface area contributed by atoms with Gasteiger partial charge in [-0.3, -0.25) is 4.79 Å². The zero-order chi connectivity index (χ0) is 19.1. The van der Waals surface area contributed by atoms with Crippen LogP contribution in [-0.2, 0) is 4.79 Å². The van der Waals surface area contributed by atoms with Crippen LogP contribution in [0.1, 0.15) is 24.2 Å². The number of rotatable bonds is 9. The molecule has 1 rings (SSSR count). The number of carboxylic acids is 1. The number of ether oxygens (including phenoxy) is 2. The van der Waals surface area contributed by atoms with Crippen LogP contribution in [0, 0.1) is 5.92 Å². The third kappa shape index (κ3) is 5.20. The number of methoxy groups -OCH3 is 2. The predicted octanol–water partition coefficient (Wildman–Crippen LogP) is 2.22. The fourth-order valence-corrected chi connectivity index (χ4v) is 2.45. The van der Waals surface area contributed by atoms with E-state index in [4.69, 9.17) is 14.6 Å². The largest absolute Gasteiger partial charge is 0.496 e. The number of carboxylic acid groups (broad SMARTS) is 1. The van der Waals surface area contributed by atoms with Crippen molar-refractivity contribution in [2.75, 3.05) is 20.8 Å². The Balaban J connectivity index is 3.24. The zero-order valence-electron chi connectivity index (χ0n) is 14.5. The molecule has 0 aliphatic rings. The Morgan fingerprint density at radius 3 is 2.32 bits per heavy atom. The number of aliphatic carboxylic acids is 1. The summed E-state index contributed by atoms with van der Waals surface area (Å²) in [6.07, 6.45) is 1.15. The Labute approximate surface area is 154 Å². The summed E-state index contributed by atoms with van der Waals surface area (Å²) in [4.78, 5) is 24.2. The van der Waals surface area contributed by atoms with Crippen LogP contribution in [0.25, 0.3) is 0 Å². The average Bonchev–Trinajstić information content (AvgIpc) is 2.60. The lowest BCUT2D eigenvalue weighted by molar-refractivity contribution is -0.132. The van der Waals surface area contributed by atoms with E-state index in [-0.39, 0.29) is 29.9 Å². The highest BCUT2D eigenvalue weighted by atomic mass is 79.9. The van der Waals surface area contributed by atoms with E-state index in [1.807, 2.05) is 0 Å². The van der Waals surface area contributed by atoms with Crippen LogP contribution in [0.3, 0.4) is 0 Å². The lowest BCUT2D eigenvalue weighted by atomic mass is 10.0. The predicted molar refractivity (Wildman–Crippen MR) is 96.1 cm³/mol. The summed E-state index contributed by atoms with van der Waals surface area (Å²) in [5.41, 5.74) is -0.346. The molecule has 2 atom stereocenters. The third-order valence-electron chi connectivity index (χ3n) is 3.83. The number of Topliss-reactive ketones (excluding diaryl/α,β-unsaturated/α-hetero) is 1. The first kappa shape index (κ1) is 21.0. The summed E-state index contributed by atoms with van der Waals surface area (Å²) >= 11 is 3.27. The number of benzene rings is 1. The molecule has 0 heterocycles. The first-order chi connectivity index (χ1) is 11.8. The summed E-state index contributed by atoms with van der Waals surface area (Å²) in [5.74, 6) is -1.52. The molecular formula is C17H22BrNO6. The maximum absolute atomic E-state index is 12.7. The van der Waals surface area contributed by atoms with Crippen LogP contribution in [-0.4, -0.2) is 48.8 Å². The molecule has 0 aliphatic carbocycles. The van der Waals surface area contributed by atoms with E-state index in [0.29, 0.717) is 10.2 Å². The van der Waals surface area contributed by atoms with Gasteiger partial charge in [-0.25, -0.2) is 4.79 Å². The molecule has 0 amide bonds. The average molecular weight is 416 g/mol. The second-order valence-corrected chi connectivity index (χ2v) is 6.35. The number of hydrogen-bond acceptors (Lipinski definition) is 6. The van der Waals surface area contributed by atoms with Crippen molar-refractivity contribution in [3.8, 4) is 11.5 Å². The second kappa shape index (κ2) is 9.43. The van der Waals surface area contributed by atoms with Gasteiger partial charge in [0, 0.05) is 24.9 Å². The van der Waals surface area contributed by atoms with Crippen LogP contribution in [0.4, 0.5) is 0 Å². The molecule has 3 N–H and O–H groups in total. The van der Waals surface area contributed by atoms with Crippen LogP contribution in [0.2, 0.25) is 0 Å². The van der Waals surface area contributed by atoms with Gasteiger partial charge in [0.25, 0.3) is 0 Å². The standard InChI is InChI=1S/C17H22BrNO6/c1-9(8-20)10(2)19-7-12(17(22)23)16(21)11-5-13(18)15(25-4)6-14(11)24-3/h5-7,9-10,19-20H,8H2,1-4H3,(H,22,23). The van der Waals surface area contributed by atoms with E-state index in [0.717, 1.165) is 6.20 Å². The molecule has 25 heavy (non-hydrogen) atoms. The van der Waals surface area contributed by atoms with Crippen LogP contribution >= 0.6 is 15.9 Å². The van der Waals surface area contributed by atoms with Crippen molar-refractivity contribution in [1.82, 2.24) is 5.32 Å². The molecular weight excluding hydrogens is 394 g/mol. The van der Waals surface area contributed by atoms with Crippen LogP contribution in [0.5, 0.6) is 11.5 Å². The van der Waals surface area contributed by atoms with Crippen molar-refractivity contribution in [2.45, 2.75) is 19.9 Å². The molecule has 0 saturated heterocycles. The smallest absolute Gasteiger partial charge is 0.341 e. The van der Waals surface area contributed by atoms with E-state index in [9.17, 15) is 14.7 Å². The van der Waals surface area contributed by atoms with Gasteiger partial charge in [-0.05, 0) is 34.8 Å². The summed E-state index contributed by atoms with van der Waals surface area (Å²) in [6.45, 7) is 3.53. The first-order valence-electron chi connectivity index (χ1n) is 7.53.